The molecule has 0 radical (unpaired) electrons. The number of amides is 1. The fourth-order valence-electron chi connectivity index (χ4n) is 2.63. The van der Waals surface area contributed by atoms with Crippen LogP contribution in [0.3, 0.4) is 0 Å². The van der Waals surface area contributed by atoms with Crippen LogP contribution >= 0.6 is 0 Å². The summed E-state index contributed by atoms with van der Waals surface area (Å²) >= 11 is 0. The van der Waals surface area contributed by atoms with E-state index < -0.39 is 17.7 Å². The molecule has 0 aliphatic heterocycles. The van der Waals surface area contributed by atoms with Crippen molar-refractivity contribution in [3.63, 3.8) is 0 Å². The maximum atomic E-state index is 11.8. The molecule has 0 fully saturated rings. The van der Waals surface area contributed by atoms with Gasteiger partial charge >= 0.3 is 12.1 Å². The van der Waals surface area contributed by atoms with Gasteiger partial charge in [-0.2, -0.15) is 0 Å². The van der Waals surface area contributed by atoms with Gasteiger partial charge in [-0.15, -0.1) is 0 Å². The zero-order chi connectivity index (χ0) is 18.1. The number of carbonyl (C=O) groups is 2. The third-order valence-corrected chi connectivity index (χ3v) is 3.59. The summed E-state index contributed by atoms with van der Waals surface area (Å²) in [6.45, 7) is 9.47. The molecule has 2 rings (SSSR count). The number of alkyl carbamates (subject to hydrolysis) is 1. The van der Waals surface area contributed by atoms with E-state index >= 15 is 0 Å². The number of fused-ring (bicyclic) bond motifs is 1. The van der Waals surface area contributed by atoms with Crippen molar-refractivity contribution >= 4 is 23.0 Å². The summed E-state index contributed by atoms with van der Waals surface area (Å²) in [5, 5.41) is 13.0. The summed E-state index contributed by atoms with van der Waals surface area (Å²) in [4.78, 5) is 23.4. The second-order valence-electron chi connectivity index (χ2n) is 7.00. The van der Waals surface area contributed by atoms with Crippen LogP contribution in [0.2, 0.25) is 0 Å². The summed E-state index contributed by atoms with van der Waals surface area (Å²) in [5.74, 6) is -0.993. The van der Waals surface area contributed by atoms with E-state index in [1.807, 2.05) is 32.0 Å². The van der Waals surface area contributed by atoms with Crippen LogP contribution in [0, 0.1) is 6.92 Å². The Morgan fingerprint density at radius 2 is 1.96 bits per heavy atom. The van der Waals surface area contributed by atoms with Crippen molar-refractivity contribution in [2.24, 2.45) is 0 Å². The second-order valence-corrected chi connectivity index (χ2v) is 7.00. The number of aromatic carboxylic acids is 1. The van der Waals surface area contributed by atoms with Gasteiger partial charge in [0.15, 0.2) is 0 Å². The van der Waals surface area contributed by atoms with Gasteiger partial charge in [0.1, 0.15) is 11.3 Å². The average molecular weight is 332 g/mol. The van der Waals surface area contributed by atoms with Gasteiger partial charge in [-0.1, -0.05) is 11.6 Å². The van der Waals surface area contributed by atoms with Gasteiger partial charge in [0.2, 0.25) is 0 Å². The van der Waals surface area contributed by atoms with Gasteiger partial charge in [-0.05, 0) is 52.8 Å². The molecule has 2 N–H and O–H groups in total. The number of carboxylic acid groups (broad SMARTS) is 1. The number of hydrogen-bond acceptors (Lipinski definition) is 3. The molecule has 0 bridgehead atoms. The number of nitrogens with zero attached hydrogens (tertiary/aromatic N) is 1. The molecule has 0 unspecified atom stereocenters. The smallest absolute Gasteiger partial charge is 0.407 e. The first-order valence-corrected chi connectivity index (χ1v) is 7.90. The summed E-state index contributed by atoms with van der Waals surface area (Å²) in [6, 6.07) is 7.23. The molecule has 6 heteroatoms. The van der Waals surface area contributed by atoms with Crippen molar-refractivity contribution in [2.75, 3.05) is 6.54 Å². The number of aryl methyl sites for hydroxylation is 1. The average Bonchev–Trinajstić information content (AvgIpc) is 2.81. The first kappa shape index (κ1) is 17.8. The lowest BCUT2D eigenvalue weighted by atomic mass is 10.2. The summed E-state index contributed by atoms with van der Waals surface area (Å²) in [5.41, 5.74) is 1.53. The van der Waals surface area contributed by atoms with Gasteiger partial charge in [-0.25, -0.2) is 9.59 Å². The minimum Gasteiger partial charge on any atom is -0.477 e. The van der Waals surface area contributed by atoms with Crippen LogP contribution in [0.25, 0.3) is 10.9 Å². The predicted molar refractivity (Wildman–Crippen MR) is 92.6 cm³/mol. The first-order chi connectivity index (χ1) is 11.1. The standard InChI is InChI=1S/C18H24N2O4/c1-11-6-7-14-13(8-11)9-15(16(21)22)20(14)12(2)10-19-17(23)24-18(3,4)5/h6-9,12H,10H2,1-5H3,(H,19,23)(H,21,22)/t12-/m1/s1. The Kier molecular flexibility index (Phi) is 4.87. The van der Waals surface area contributed by atoms with Crippen LogP contribution in [-0.2, 0) is 4.74 Å². The fraction of sp³-hybridized carbons (Fsp3) is 0.444. The SMILES string of the molecule is Cc1ccc2c(c1)cc(C(=O)O)n2[C@H](C)CNC(=O)OC(C)(C)C. The topological polar surface area (TPSA) is 80.6 Å². The fourth-order valence-corrected chi connectivity index (χ4v) is 2.63. The second kappa shape index (κ2) is 6.55. The molecule has 1 amide bonds. The van der Waals surface area contributed by atoms with Crippen LogP contribution in [0.4, 0.5) is 4.79 Å². The molecule has 0 saturated heterocycles. The van der Waals surface area contributed by atoms with E-state index in [0.717, 1.165) is 16.5 Å². The number of carboxylic acids is 1. The third-order valence-electron chi connectivity index (χ3n) is 3.59. The Morgan fingerprint density at radius 3 is 2.54 bits per heavy atom. The van der Waals surface area contributed by atoms with Crippen LogP contribution in [0.15, 0.2) is 24.3 Å². The molecular formula is C18H24N2O4. The molecule has 24 heavy (non-hydrogen) atoms. The maximum Gasteiger partial charge on any atom is 0.407 e. The molecule has 1 heterocycles. The molecule has 0 aliphatic rings. The number of benzene rings is 1. The van der Waals surface area contributed by atoms with Crippen LogP contribution in [-0.4, -0.2) is 33.9 Å². The quantitative estimate of drug-likeness (QED) is 0.894. The number of hydrogen-bond donors (Lipinski definition) is 2. The Labute approximate surface area is 141 Å². The molecule has 1 aromatic heterocycles. The molecule has 2 aromatic rings. The summed E-state index contributed by atoms with van der Waals surface area (Å²) < 4.78 is 6.94. The molecule has 1 aromatic carbocycles. The number of ether oxygens (including phenoxy) is 1. The Morgan fingerprint density at radius 1 is 1.29 bits per heavy atom. The molecule has 1 atom stereocenters. The minimum atomic E-state index is -0.993. The number of nitrogens with one attached hydrogen (secondary N) is 1. The maximum absolute atomic E-state index is 11.8. The highest BCUT2D eigenvalue weighted by Gasteiger charge is 2.21. The van der Waals surface area contributed by atoms with E-state index in [4.69, 9.17) is 4.74 Å². The zero-order valence-electron chi connectivity index (χ0n) is 14.7. The van der Waals surface area contributed by atoms with E-state index in [-0.39, 0.29) is 18.3 Å². The molecule has 0 aliphatic carbocycles. The first-order valence-electron chi connectivity index (χ1n) is 7.90. The van der Waals surface area contributed by atoms with Crippen molar-refractivity contribution < 1.29 is 19.4 Å². The van der Waals surface area contributed by atoms with Gasteiger partial charge in [0.25, 0.3) is 0 Å². The lowest BCUT2D eigenvalue weighted by molar-refractivity contribution is 0.0521. The van der Waals surface area contributed by atoms with E-state index in [1.165, 1.54) is 0 Å². The molecule has 6 nitrogen and oxygen atoms in total. The van der Waals surface area contributed by atoms with Crippen molar-refractivity contribution in [1.82, 2.24) is 9.88 Å². The largest absolute Gasteiger partial charge is 0.477 e. The summed E-state index contributed by atoms with van der Waals surface area (Å²) in [6.07, 6.45) is -0.515. The summed E-state index contributed by atoms with van der Waals surface area (Å²) in [7, 11) is 0. The number of aromatic nitrogens is 1. The lowest BCUT2D eigenvalue weighted by Gasteiger charge is -2.22. The van der Waals surface area contributed by atoms with Gasteiger partial charge in [-0.3, -0.25) is 0 Å². The van der Waals surface area contributed by atoms with Crippen LogP contribution < -0.4 is 5.32 Å². The number of carbonyl (C=O) groups excluding carboxylic acids is 1. The number of rotatable bonds is 4. The minimum absolute atomic E-state index is 0.203. The van der Waals surface area contributed by atoms with Crippen LogP contribution in [0.1, 0.15) is 49.8 Å². The monoisotopic (exact) mass is 332 g/mol. The van der Waals surface area contributed by atoms with Crippen molar-refractivity contribution in [1.29, 1.82) is 0 Å². The molecule has 0 saturated carbocycles. The lowest BCUT2D eigenvalue weighted by Crippen LogP contribution is -2.35. The van der Waals surface area contributed by atoms with E-state index in [1.54, 1.807) is 31.4 Å². The Bertz CT molecular complexity index is 771. The van der Waals surface area contributed by atoms with Crippen LogP contribution in [0.5, 0.6) is 0 Å². The zero-order valence-corrected chi connectivity index (χ0v) is 14.7. The molecule has 0 spiro atoms. The molecule has 130 valence electrons. The van der Waals surface area contributed by atoms with E-state index in [0.29, 0.717) is 0 Å². The van der Waals surface area contributed by atoms with Crippen molar-refractivity contribution in [3.8, 4) is 0 Å². The highest BCUT2D eigenvalue weighted by Crippen LogP contribution is 2.25. The van der Waals surface area contributed by atoms with E-state index in [9.17, 15) is 14.7 Å². The Balaban J connectivity index is 2.25. The third kappa shape index (κ3) is 4.07. The van der Waals surface area contributed by atoms with Gasteiger partial charge in [0.05, 0.1) is 0 Å². The van der Waals surface area contributed by atoms with Crippen molar-refractivity contribution in [2.45, 2.75) is 46.3 Å². The molecular weight excluding hydrogens is 308 g/mol. The van der Waals surface area contributed by atoms with Gasteiger partial charge < -0.3 is 19.7 Å². The normalized spacial score (nSPS) is 12.9. The highest BCUT2D eigenvalue weighted by molar-refractivity contribution is 5.95. The van der Waals surface area contributed by atoms with Crippen molar-refractivity contribution in [3.05, 3.63) is 35.5 Å². The van der Waals surface area contributed by atoms with E-state index in [2.05, 4.69) is 5.32 Å². The Hall–Kier alpha value is -2.50. The highest BCUT2D eigenvalue weighted by atomic mass is 16.6. The van der Waals surface area contributed by atoms with Gasteiger partial charge in [0, 0.05) is 23.5 Å². The predicted octanol–water partition coefficient (Wildman–Crippen LogP) is 3.73.